The van der Waals surface area contributed by atoms with Gasteiger partial charge in [0, 0.05) is 19.1 Å². The number of aliphatic hydroxyl groups is 2. The SMILES string of the molecule is CCCCCCCCCCCCCCCC1(CC(CO)CO)SCCCS1. The van der Waals surface area contributed by atoms with E-state index in [1.165, 1.54) is 108 Å². The van der Waals surface area contributed by atoms with Gasteiger partial charge in [-0.1, -0.05) is 90.4 Å². The Kier molecular flexibility index (Phi) is 16.6. The van der Waals surface area contributed by atoms with Gasteiger partial charge in [-0.3, -0.25) is 0 Å². The van der Waals surface area contributed by atoms with Crippen molar-refractivity contribution < 1.29 is 10.2 Å². The summed E-state index contributed by atoms with van der Waals surface area (Å²) < 4.78 is 0.256. The van der Waals surface area contributed by atoms with Gasteiger partial charge in [0.25, 0.3) is 0 Å². The van der Waals surface area contributed by atoms with Crippen LogP contribution >= 0.6 is 23.5 Å². The molecule has 1 heterocycles. The molecule has 0 radical (unpaired) electrons. The third-order valence-corrected chi connectivity index (χ3v) is 9.28. The summed E-state index contributed by atoms with van der Waals surface area (Å²) >= 11 is 4.19. The van der Waals surface area contributed by atoms with E-state index in [1.54, 1.807) is 0 Å². The first-order valence-corrected chi connectivity index (χ1v) is 13.7. The van der Waals surface area contributed by atoms with Crippen molar-refractivity contribution >= 4 is 23.5 Å². The van der Waals surface area contributed by atoms with Gasteiger partial charge < -0.3 is 10.2 Å². The normalized spacial score (nSPS) is 16.9. The molecule has 0 spiro atoms. The third-order valence-electron chi connectivity index (χ3n) is 5.80. The Morgan fingerprint density at radius 3 is 1.59 bits per heavy atom. The standard InChI is InChI=1S/C23H46O2S2/c1-2-3-4-5-6-7-8-9-10-11-12-13-14-16-23(19-22(20-24)21-25)26-17-15-18-27-23/h22,24-25H,2-21H2,1H3. The monoisotopic (exact) mass is 418 g/mol. The minimum absolute atomic E-state index is 0.0603. The predicted molar refractivity (Wildman–Crippen MR) is 125 cm³/mol. The van der Waals surface area contributed by atoms with E-state index in [-0.39, 0.29) is 23.2 Å². The fraction of sp³-hybridized carbons (Fsp3) is 1.00. The van der Waals surface area contributed by atoms with Crippen LogP contribution in [-0.4, -0.2) is 39.0 Å². The molecule has 162 valence electrons. The van der Waals surface area contributed by atoms with Crippen molar-refractivity contribution in [2.45, 2.75) is 114 Å². The van der Waals surface area contributed by atoms with Crippen molar-refractivity contribution in [3.63, 3.8) is 0 Å². The molecule has 1 aliphatic rings. The van der Waals surface area contributed by atoms with Crippen molar-refractivity contribution in [3.05, 3.63) is 0 Å². The maximum absolute atomic E-state index is 9.48. The molecule has 0 atom stereocenters. The van der Waals surface area contributed by atoms with E-state index in [2.05, 4.69) is 30.4 Å². The van der Waals surface area contributed by atoms with Crippen LogP contribution in [-0.2, 0) is 0 Å². The molecule has 0 aromatic heterocycles. The lowest BCUT2D eigenvalue weighted by molar-refractivity contribution is 0.140. The summed E-state index contributed by atoms with van der Waals surface area (Å²) in [6, 6.07) is 0. The molecule has 0 saturated carbocycles. The van der Waals surface area contributed by atoms with Crippen LogP contribution in [0.25, 0.3) is 0 Å². The highest BCUT2D eigenvalue weighted by Crippen LogP contribution is 2.49. The molecule has 1 saturated heterocycles. The van der Waals surface area contributed by atoms with E-state index < -0.39 is 0 Å². The highest BCUT2D eigenvalue weighted by atomic mass is 32.2. The molecule has 27 heavy (non-hydrogen) atoms. The first kappa shape index (κ1) is 25.7. The zero-order chi connectivity index (χ0) is 19.6. The lowest BCUT2D eigenvalue weighted by Gasteiger charge is -2.38. The van der Waals surface area contributed by atoms with Crippen molar-refractivity contribution in [2.75, 3.05) is 24.7 Å². The van der Waals surface area contributed by atoms with Gasteiger partial charge in [0.2, 0.25) is 0 Å². The molecule has 0 amide bonds. The fourth-order valence-corrected chi connectivity index (χ4v) is 7.64. The molecule has 2 N–H and O–H groups in total. The molecule has 2 nitrogen and oxygen atoms in total. The zero-order valence-corrected chi connectivity index (χ0v) is 19.6. The fourth-order valence-electron chi connectivity index (χ4n) is 4.02. The van der Waals surface area contributed by atoms with Gasteiger partial charge in [0.15, 0.2) is 0 Å². The van der Waals surface area contributed by atoms with Gasteiger partial charge in [-0.25, -0.2) is 0 Å². The van der Waals surface area contributed by atoms with Crippen molar-refractivity contribution in [2.24, 2.45) is 5.92 Å². The Hall–Kier alpha value is 0.620. The number of aliphatic hydroxyl groups excluding tert-OH is 2. The molecule has 1 fully saturated rings. The van der Waals surface area contributed by atoms with E-state index in [4.69, 9.17) is 0 Å². The summed E-state index contributed by atoms with van der Waals surface area (Å²) in [7, 11) is 0. The van der Waals surface area contributed by atoms with Gasteiger partial charge in [0.05, 0.1) is 4.08 Å². The number of unbranched alkanes of at least 4 members (excludes halogenated alkanes) is 12. The highest BCUT2D eigenvalue weighted by Gasteiger charge is 2.35. The zero-order valence-electron chi connectivity index (χ0n) is 17.9. The second-order valence-electron chi connectivity index (χ2n) is 8.39. The van der Waals surface area contributed by atoms with Crippen LogP contribution < -0.4 is 0 Å². The first-order chi connectivity index (χ1) is 13.3. The summed E-state index contributed by atoms with van der Waals surface area (Å²) in [5.41, 5.74) is 0. The van der Waals surface area contributed by atoms with E-state index in [1.807, 2.05) is 0 Å². The van der Waals surface area contributed by atoms with E-state index in [0.29, 0.717) is 0 Å². The van der Waals surface area contributed by atoms with Crippen molar-refractivity contribution in [3.8, 4) is 0 Å². The van der Waals surface area contributed by atoms with E-state index in [9.17, 15) is 10.2 Å². The number of rotatable bonds is 18. The topological polar surface area (TPSA) is 40.5 Å². The summed E-state index contributed by atoms with van der Waals surface area (Å²) in [4.78, 5) is 0. The third kappa shape index (κ3) is 12.7. The molecule has 0 aromatic carbocycles. The molecule has 1 aliphatic heterocycles. The Morgan fingerprint density at radius 1 is 0.704 bits per heavy atom. The number of thioether (sulfide) groups is 2. The van der Waals surface area contributed by atoms with Gasteiger partial charge in [0.1, 0.15) is 0 Å². The summed E-state index contributed by atoms with van der Waals surface area (Å²) in [5.74, 6) is 2.55. The van der Waals surface area contributed by atoms with Gasteiger partial charge >= 0.3 is 0 Å². The molecular weight excluding hydrogens is 372 g/mol. The Labute approximate surface area is 178 Å². The van der Waals surface area contributed by atoms with E-state index in [0.717, 1.165) is 6.42 Å². The van der Waals surface area contributed by atoms with Gasteiger partial charge in [-0.05, 0) is 30.8 Å². The van der Waals surface area contributed by atoms with Crippen LogP contribution in [0.5, 0.6) is 0 Å². The number of hydrogen-bond acceptors (Lipinski definition) is 4. The van der Waals surface area contributed by atoms with Crippen LogP contribution in [0, 0.1) is 5.92 Å². The molecule has 1 rings (SSSR count). The largest absolute Gasteiger partial charge is 0.396 e. The molecule has 0 unspecified atom stereocenters. The minimum atomic E-state index is 0.0603. The smallest absolute Gasteiger partial charge is 0.0615 e. The average Bonchev–Trinajstić information content (AvgIpc) is 2.70. The van der Waals surface area contributed by atoms with Crippen LogP contribution in [0.4, 0.5) is 0 Å². The van der Waals surface area contributed by atoms with Crippen LogP contribution in [0.15, 0.2) is 0 Å². The summed E-state index contributed by atoms with van der Waals surface area (Å²) in [6.45, 7) is 2.53. The van der Waals surface area contributed by atoms with Gasteiger partial charge in [-0.15, -0.1) is 23.5 Å². The molecular formula is C23H46O2S2. The Bertz CT molecular complexity index is 316. The lowest BCUT2D eigenvalue weighted by atomic mass is 9.99. The van der Waals surface area contributed by atoms with Crippen molar-refractivity contribution in [1.82, 2.24) is 0 Å². The summed E-state index contributed by atoms with van der Waals surface area (Å²) in [6.07, 6.45) is 21.8. The highest BCUT2D eigenvalue weighted by molar-refractivity contribution is 8.18. The predicted octanol–water partition coefficient (Wildman–Crippen LogP) is 7.03. The van der Waals surface area contributed by atoms with Crippen LogP contribution in [0.3, 0.4) is 0 Å². The molecule has 0 bridgehead atoms. The quantitative estimate of drug-likeness (QED) is 0.234. The molecule has 4 heteroatoms. The maximum atomic E-state index is 9.48. The molecule has 0 aromatic rings. The van der Waals surface area contributed by atoms with Crippen LogP contribution in [0.1, 0.15) is 110 Å². The van der Waals surface area contributed by atoms with Crippen LogP contribution in [0.2, 0.25) is 0 Å². The van der Waals surface area contributed by atoms with Gasteiger partial charge in [-0.2, -0.15) is 0 Å². The number of hydrogen-bond donors (Lipinski definition) is 2. The van der Waals surface area contributed by atoms with E-state index >= 15 is 0 Å². The maximum Gasteiger partial charge on any atom is 0.0615 e. The minimum Gasteiger partial charge on any atom is -0.396 e. The summed E-state index contributed by atoms with van der Waals surface area (Å²) in [5, 5.41) is 19.0. The second kappa shape index (κ2) is 17.5. The molecule has 0 aliphatic carbocycles. The Balaban J connectivity index is 2.03. The average molecular weight is 419 g/mol. The Morgan fingerprint density at radius 2 is 1.15 bits per heavy atom. The van der Waals surface area contributed by atoms with Crippen molar-refractivity contribution in [1.29, 1.82) is 0 Å². The lowest BCUT2D eigenvalue weighted by Crippen LogP contribution is -2.30. The first-order valence-electron chi connectivity index (χ1n) is 11.8. The second-order valence-corrected chi connectivity index (χ2v) is 11.6.